The highest BCUT2D eigenvalue weighted by Gasteiger charge is 1.88. The summed E-state index contributed by atoms with van der Waals surface area (Å²) in [6.07, 6.45) is 3.65. The van der Waals surface area contributed by atoms with Gasteiger partial charge in [0, 0.05) is 13.2 Å². The van der Waals surface area contributed by atoms with Gasteiger partial charge >= 0.3 is 0 Å². The number of likely N-dealkylation sites (N-methyl/N-ethyl adjacent to an activating group) is 1. The van der Waals surface area contributed by atoms with Crippen molar-refractivity contribution in [1.82, 2.24) is 5.01 Å². The molecule has 38 valence electrons. The first kappa shape index (κ1) is 4.30. The van der Waals surface area contributed by atoms with Crippen LogP contribution in [0.5, 0.6) is 0 Å². The zero-order valence-corrected chi connectivity index (χ0v) is 4.20. The van der Waals surface area contributed by atoms with Gasteiger partial charge in [-0.3, -0.25) is 5.01 Å². The summed E-state index contributed by atoms with van der Waals surface area (Å²) in [6.45, 7) is 0.878. The first-order valence-corrected chi connectivity index (χ1v) is 2.16. The van der Waals surface area contributed by atoms with Crippen LogP contribution in [0, 0.1) is 0 Å². The van der Waals surface area contributed by atoms with Crippen molar-refractivity contribution in [2.75, 3.05) is 13.6 Å². The molecule has 1 aliphatic rings. The fourth-order valence-corrected chi connectivity index (χ4v) is 0.401. The van der Waals surface area contributed by atoms with Crippen LogP contribution in [0.1, 0.15) is 0 Å². The van der Waals surface area contributed by atoms with E-state index in [1.54, 1.807) is 11.2 Å². The van der Waals surface area contributed by atoms with Gasteiger partial charge in [-0.15, -0.1) is 5.11 Å². The molecule has 1 aliphatic heterocycles. The van der Waals surface area contributed by atoms with Crippen LogP contribution in [0.3, 0.4) is 0 Å². The summed E-state index contributed by atoms with van der Waals surface area (Å²) in [5.74, 6) is 0. The Balaban J connectivity index is 2.49. The summed E-state index contributed by atoms with van der Waals surface area (Å²) in [7, 11) is 1.88. The maximum absolute atomic E-state index is 3.70. The smallest absolute Gasteiger partial charge is 0.0573 e. The van der Waals surface area contributed by atoms with Gasteiger partial charge in [0.25, 0.3) is 0 Å². The SMILES string of the molecule is CN1CC=CN=N1. The zero-order valence-electron chi connectivity index (χ0n) is 4.20. The second kappa shape index (κ2) is 1.73. The van der Waals surface area contributed by atoms with Crippen molar-refractivity contribution in [1.29, 1.82) is 0 Å². The highest BCUT2D eigenvalue weighted by molar-refractivity contribution is 4.82. The minimum absolute atomic E-state index is 0.878. The van der Waals surface area contributed by atoms with Crippen LogP contribution < -0.4 is 0 Å². The Morgan fingerprint density at radius 3 is 2.86 bits per heavy atom. The van der Waals surface area contributed by atoms with Crippen molar-refractivity contribution in [2.24, 2.45) is 10.3 Å². The van der Waals surface area contributed by atoms with Gasteiger partial charge in [-0.1, -0.05) is 5.22 Å². The maximum atomic E-state index is 3.70. The lowest BCUT2D eigenvalue weighted by atomic mass is 10.6. The van der Waals surface area contributed by atoms with E-state index < -0.39 is 0 Å². The normalized spacial score (nSPS) is 18.1. The van der Waals surface area contributed by atoms with Gasteiger partial charge in [-0.2, -0.15) is 0 Å². The quantitative estimate of drug-likeness (QED) is 0.439. The Kier molecular flexibility index (Phi) is 1.06. The Hall–Kier alpha value is -0.860. The lowest BCUT2D eigenvalue weighted by Gasteiger charge is -2.08. The molecule has 3 heteroatoms. The van der Waals surface area contributed by atoms with Gasteiger partial charge in [0.1, 0.15) is 0 Å². The number of hydrogen-bond acceptors (Lipinski definition) is 3. The number of hydrogen-bond donors (Lipinski definition) is 0. The molecular formula is C4H7N3. The predicted molar refractivity (Wildman–Crippen MR) is 26.6 cm³/mol. The summed E-state index contributed by atoms with van der Waals surface area (Å²) < 4.78 is 0. The Morgan fingerprint density at radius 2 is 2.57 bits per heavy atom. The molecule has 0 amide bonds. The van der Waals surface area contributed by atoms with Crippen molar-refractivity contribution < 1.29 is 0 Å². The number of nitrogens with zero attached hydrogens (tertiary/aromatic N) is 3. The average molecular weight is 97.1 g/mol. The first-order valence-electron chi connectivity index (χ1n) is 2.16. The molecular weight excluding hydrogens is 90.1 g/mol. The lowest BCUT2D eigenvalue weighted by Crippen LogP contribution is -2.10. The van der Waals surface area contributed by atoms with E-state index >= 15 is 0 Å². The lowest BCUT2D eigenvalue weighted by molar-refractivity contribution is 0.359. The molecule has 0 bridgehead atoms. The van der Waals surface area contributed by atoms with Crippen molar-refractivity contribution >= 4 is 0 Å². The van der Waals surface area contributed by atoms with E-state index in [4.69, 9.17) is 0 Å². The molecule has 0 atom stereocenters. The highest BCUT2D eigenvalue weighted by Crippen LogP contribution is 1.92. The molecule has 0 radical (unpaired) electrons. The van der Waals surface area contributed by atoms with E-state index in [0.29, 0.717) is 0 Å². The van der Waals surface area contributed by atoms with Gasteiger partial charge in [-0.25, -0.2) is 0 Å². The topological polar surface area (TPSA) is 28.0 Å². The average Bonchev–Trinajstić information content (AvgIpc) is 1.69. The summed E-state index contributed by atoms with van der Waals surface area (Å²) in [4.78, 5) is 0. The third-order valence-corrected chi connectivity index (χ3v) is 0.746. The van der Waals surface area contributed by atoms with E-state index in [9.17, 15) is 0 Å². The first-order chi connectivity index (χ1) is 3.39. The van der Waals surface area contributed by atoms with Crippen LogP contribution in [-0.4, -0.2) is 18.6 Å². The second-order valence-corrected chi connectivity index (χ2v) is 1.43. The summed E-state index contributed by atoms with van der Waals surface area (Å²) >= 11 is 0. The third-order valence-electron chi connectivity index (χ3n) is 0.746. The van der Waals surface area contributed by atoms with Crippen molar-refractivity contribution in [3.63, 3.8) is 0 Å². The van der Waals surface area contributed by atoms with Gasteiger partial charge in [0.05, 0.1) is 6.54 Å². The van der Waals surface area contributed by atoms with Crippen LogP contribution in [0.15, 0.2) is 22.6 Å². The Morgan fingerprint density at radius 1 is 1.71 bits per heavy atom. The minimum Gasteiger partial charge on any atom is -0.278 e. The van der Waals surface area contributed by atoms with Gasteiger partial charge in [-0.05, 0) is 6.08 Å². The molecule has 0 fully saturated rings. The van der Waals surface area contributed by atoms with E-state index in [2.05, 4.69) is 10.3 Å². The molecule has 0 aromatic carbocycles. The summed E-state index contributed by atoms with van der Waals surface area (Å²) in [5.41, 5.74) is 0. The number of rotatable bonds is 0. The predicted octanol–water partition coefficient (Wildman–Crippen LogP) is 0.813. The molecule has 1 rings (SSSR count). The van der Waals surface area contributed by atoms with Crippen molar-refractivity contribution in [2.45, 2.75) is 0 Å². The molecule has 7 heavy (non-hydrogen) atoms. The second-order valence-electron chi connectivity index (χ2n) is 1.43. The minimum atomic E-state index is 0.878. The molecule has 3 nitrogen and oxygen atoms in total. The van der Waals surface area contributed by atoms with Crippen LogP contribution in [-0.2, 0) is 0 Å². The molecule has 0 aromatic rings. The van der Waals surface area contributed by atoms with Gasteiger partial charge in [0.2, 0.25) is 0 Å². The van der Waals surface area contributed by atoms with E-state index in [-0.39, 0.29) is 0 Å². The highest BCUT2D eigenvalue weighted by atomic mass is 15.5. The van der Waals surface area contributed by atoms with Gasteiger partial charge in [0.15, 0.2) is 0 Å². The monoisotopic (exact) mass is 97.1 g/mol. The molecule has 0 spiro atoms. The van der Waals surface area contributed by atoms with Gasteiger partial charge < -0.3 is 0 Å². The van der Waals surface area contributed by atoms with Crippen LogP contribution in [0.4, 0.5) is 0 Å². The maximum Gasteiger partial charge on any atom is 0.0573 e. The zero-order chi connectivity index (χ0) is 5.11. The fraction of sp³-hybridized carbons (Fsp3) is 0.500. The molecule has 0 aliphatic carbocycles. The molecule has 0 unspecified atom stereocenters. The Labute approximate surface area is 42.3 Å². The largest absolute Gasteiger partial charge is 0.278 e. The van der Waals surface area contributed by atoms with Crippen LogP contribution in [0.25, 0.3) is 0 Å². The fourth-order valence-electron chi connectivity index (χ4n) is 0.401. The van der Waals surface area contributed by atoms with E-state index in [1.165, 1.54) is 0 Å². The summed E-state index contributed by atoms with van der Waals surface area (Å²) in [5, 5.41) is 9.09. The third kappa shape index (κ3) is 0.994. The summed E-state index contributed by atoms with van der Waals surface area (Å²) in [6, 6.07) is 0. The van der Waals surface area contributed by atoms with E-state index in [1.807, 2.05) is 13.1 Å². The van der Waals surface area contributed by atoms with Crippen molar-refractivity contribution in [3.8, 4) is 0 Å². The Bertz CT molecular complexity index is 106. The molecule has 1 heterocycles. The standard InChI is InChI=1S/C4H7N3/c1-7-4-2-3-5-6-7/h2-3H,4H2,1H3. The van der Waals surface area contributed by atoms with Crippen molar-refractivity contribution in [3.05, 3.63) is 12.3 Å². The molecule has 0 aromatic heterocycles. The molecule has 0 N–H and O–H groups in total. The van der Waals surface area contributed by atoms with E-state index in [0.717, 1.165) is 6.54 Å². The molecule has 0 saturated heterocycles. The van der Waals surface area contributed by atoms with Crippen LogP contribution >= 0.6 is 0 Å². The molecule has 0 saturated carbocycles. The van der Waals surface area contributed by atoms with Crippen LogP contribution in [0.2, 0.25) is 0 Å².